The summed E-state index contributed by atoms with van der Waals surface area (Å²) in [5.74, 6) is 0. The van der Waals surface area contributed by atoms with Crippen molar-refractivity contribution < 1.29 is 4.74 Å². The van der Waals surface area contributed by atoms with Crippen molar-refractivity contribution in [1.82, 2.24) is 15.1 Å². The molecule has 2 atom stereocenters. The Balaban J connectivity index is 1.66. The minimum absolute atomic E-state index is 0.528. The van der Waals surface area contributed by atoms with Crippen LogP contribution in [-0.4, -0.2) is 40.4 Å². The Morgan fingerprint density at radius 2 is 2.69 bits per heavy atom. The average Bonchev–Trinajstić information content (AvgIpc) is 2.77. The minimum Gasteiger partial charge on any atom is -0.375 e. The lowest BCUT2D eigenvalue weighted by atomic mass is 10.3. The summed E-state index contributed by atoms with van der Waals surface area (Å²) in [5, 5.41) is 6.78. The van der Waals surface area contributed by atoms with Crippen LogP contribution in [0.15, 0.2) is 12.4 Å². The van der Waals surface area contributed by atoms with Crippen molar-refractivity contribution in [2.24, 2.45) is 0 Å². The zero-order valence-electron chi connectivity index (χ0n) is 7.44. The highest BCUT2D eigenvalue weighted by atomic mass is 16.5. The van der Waals surface area contributed by atoms with E-state index < -0.39 is 0 Å². The molecule has 1 saturated carbocycles. The zero-order chi connectivity index (χ0) is 8.67. The van der Waals surface area contributed by atoms with Crippen LogP contribution < -0.4 is 0 Å². The van der Waals surface area contributed by atoms with Gasteiger partial charge in [-0.3, -0.25) is 10.00 Å². The first kappa shape index (κ1) is 7.53. The second-order valence-corrected chi connectivity index (χ2v) is 3.79. The van der Waals surface area contributed by atoms with Crippen molar-refractivity contribution in [3.8, 4) is 0 Å². The number of aromatic nitrogens is 2. The molecule has 0 spiro atoms. The van der Waals surface area contributed by atoms with Crippen LogP contribution in [0.3, 0.4) is 0 Å². The first-order valence-corrected chi connectivity index (χ1v) is 4.77. The maximum absolute atomic E-state index is 5.54. The molecule has 1 aromatic heterocycles. The standard InChI is InChI=1S/C9H13N3O/c1-2-13-9-3-8(9)12(1)6-7-4-10-11-5-7/h4-5,8-9H,1-3,6H2,(H,10,11). The normalized spacial score (nSPS) is 32.9. The Kier molecular flexibility index (Phi) is 1.63. The van der Waals surface area contributed by atoms with Crippen molar-refractivity contribution in [2.75, 3.05) is 13.2 Å². The summed E-state index contributed by atoms with van der Waals surface area (Å²) in [7, 11) is 0. The maximum Gasteiger partial charge on any atom is 0.0747 e. The monoisotopic (exact) mass is 179 g/mol. The van der Waals surface area contributed by atoms with Gasteiger partial charge in [0, 0.05) is 30.9 Å². The van der Waals surface area contributed by atoms with Crippen LogP contribution in [0.5, 0.6) is 0 Å². The molecule has 1 N–H and O–H groups in total. The van der Waals surface area contributed by atoms with E-state index in [1.54, 1.807) is 0 Å². The number of hydrogen-bond acceptors (Lipinski definition) is 3. The van der Waals surface area contributed by atoms with E-state index in [2.05, 4.69) is 15.1 Å². The molecule has 0 bridgehead atoms. The smallest absolute Gasteiger partial charge is 0.0747 e. The van der Waals surface area contributed by atoms with Gasteiger partial charge in [0.05, 0.1) is 18.9 Å². The molecule has 2 heterocycles. The molecule has 0 radical (unpaired) electrons. The van der Waals surface area contributed by atoms with Crippen LogP contribution in [0.2, 0.25) is 0 Å². The van der Waals surface area contributed by atoms with E-state index in [0.717, 1.165) is 19.7 Å². The summed E-state index contributed by atoms with van der Waals surface area (Å²) in [4.78, 5) is 2.49. The largest absolute Gasteiger partial charge is 0.375 e. The van der Waals surface area contributed by atoms with Crippen LogP contribution in [0.1, 0.15) is 12.0 Å². The highest BCUT2D eigenvalue weighted by Crippen LogP contribution is 2.35. The molecule has 1 aliphatic carbocycles. The second kappa shape index (κ2) is 2.82. The molecule has 2 fully saturated rings. The number of ether oxygens (including phenoxy) is 1. The maximum atomic E-state index is 5.54. The third kappa shape index (κ3) is 1.36. The van der Waals surface area contributed by atoms with E-state index in [-0.39, 0.29) is 0 Å². The zero-order valence-corrected chi connectivity index (χ0v) is 7.44. The fourth-order valence-electron chi connectivity index (χ4n) is 2.00. The first-order valence-electron chi connectivity index (χ1n) is 4.77. The summed E-state index contributed by atoms with van der Waals surface area (Å²) < 4.78 is 5.54. The van der Waals surface area contributed by atoms with Gasteiger partial charge in [-0.05, 0) is 6.42 Å². The highest BCUT2D eigenvalue weighted by Gasteiger charge is 2.45. The van der Waals surface area contributed by atoms with E-state index in [0.29, 0.717) is 12.1 Å². The summed E-state index contributed by atoms with van der Waals surface area (Å²) >= 11 is 0. The quantitative estimate of drug-likeness (QED) is 0.713. The summed E-state index contributed by atoms with van der Waals surface area (Å²) in [6.45, 7) is 2.96. The molecule has 1 aromatic rings. The Morgan fingerprint density at radius 3 is 3.54 bits per heavy atom. The first-order chi connectivity index (χ1) is 6.43. The number of morpholine rings is 1. The van der Waals surface area contributed by atoms with Gasteiger partial charge in [-0.1, -0.05) is 0 Å². The van der Waals surface area contributed by atoms with E-state index in [1.165, 1.54) is 12.0 Å². The average molecular weight is 179 g/mol. The van der Waals surface area contributed by atoms with Crippen LogP contribution in [0.25, 0.3) is 0 Å². The predicted octanol–water partition coefficient (Wildman–Crippen LogP) is 0.383. The number of nitrogens with zero attached hydrogens (tertiary/aromatic N) is 2. The molecule has 13 heavy (non-hydrogen) atoms. The molecule has 4 nitrogen and oxygen atoms in total. The third-order valence-corrected chi connectivity index (χ3v) is 2.82. The van der Waals surface area contributed by atoms with Crippen LogP contribution in [-0.2, 0) is 11.3 Å². The predicted molar refractivity (Wildman–Crippen MR) is 47.1 cm³/mol. The molecule has 1 aliphatic heterocycles. The number of fused-ring (bicyclic) bond motifs is 1. The molecule has 0 aromatic carbocycles. The van der Waals surface area contributed by atoms with E-state index in [4.69, 9.17) is 4.74 Å². The van der Waals surface area contributed by atoms with Crippen LogP contribution >= 0.6 is 0 Å². The van der Waals surface area contributed by atoms with Gasteiger partial charge in [-0.25, -0.2) is 0 Å². The molecule has 0 amide bonds. The lowest BCUT2D eigenvalue weighted by molar-refractivity contribution is 0.0278. The lowest BCUT2D eigenvalue weighted by Crippen LogP contribution is -2.35. The fourth-order valence-corrected chi connectivity index (χ4v) is 2.00. The third-order valence-electron chi connectivity index (χ3n) is 2.82. The summed E-state index contributed by atoms with van der Waals surface area (Å²) in [6.07, 6.45) is 5.61. The number of H-pyrrole nitrogens is 1. The van der Waals surface area contributed by atoms with Gasteiger partial charge in [0.25, 0.3) is 0 Å². The highest BCUT2D eigenvalue weighted by molar-refractivity contribution is 5.06. The number of aromatic amines is 1. The molecular formula is C9H13N3O. The Hall–Kier alpha value is -0.870. The SMILES string of the molecule is c1n[nH]cc1CN1CCOC2CC21. The molecule has 2 aliphatic rings. The summed E-state index contributed by atoms with van der Waals surface area (Å²) in [6, 6.07) is 0.684. The molecule has 3 rings (SSSR count). The lowest BCUT2D eigenvalue weighted by Gasteiger charge is -2.25. The van der Waals surface area contributed by atoms with Gasteiger partial charge in [-0.15, -0.1) is 0 Å². The van der Waals surface area contributed by atoms with Gasteiger partial charge in [0.2, 0.25) is 0 Å². The topological polar surface area (TPSA) is 41.2 Å². The Labute approximate surface area is 76.9 Å². The van der Waals surface area contributed by atoms with E-state index in [1.807, 2.05) is 12.4 Å². The van der Waals surface area contributed by atoms with E-state index in [9.17, 15) is 0 Å². The van der Waals surface area contributed by atoms with E-state index >= 15 is 0 Å². The van der Waals surface area contributed by atoms with Crippen LogP contribution in [0.4, 0.5) is 0 Å². The Bertz CT molecular complexity index is 285. The second-order valence-electron chi connectivity index (χ2n) is 3.79. The van der Waals surface area contributed by atoms with Gasteiger partial charge in [-0.2, -0.15) is 5.10 Å². The molecular weight excluding hydrogens is 166 g/mol. The molecule has 1 saturated heterocycles. The molecule has 4 heteroatoms. The van der Waals surface area contributed by atoms with Crippen molar-refractivity contribution in [2.45, 2.75) is 25.1 Å². The molecule has 70 valence electrons. The fraction of sp³-hybridized carbons (Fsp3) is 0.667. The van der Waals surface area contributed by atoms with Gasteiger partial charge in [0.15, 0.2) is 0 Å². The van der Waals surface area contributed by atoms with Crippen molar-refractivity contribution in [1.29, 1.82) is 0 Å². The number of nitrogens with one attached hydrogen (secondary N) is 1. The molecule has 2 unspecified atom stereocenters. The van der Waals surface area contributed by atoms with Crippen molar-refractivity contribution in [3.63, 3.8) is 0 Å². The van der Waals surface area contributed by atoms with Crippen molar-refractivity contribution in [3.05, 3.63) is 18.0 Å². The summed E-state index contributed by atoms with van der Waals surface area (Å²) in [5.41, 5.74) is 1.27. The Morgan fingerprint density at radius 1 is 1.69 bits per heavy atom. The van der Waals surface area contributed by atoms with Crippen molar-refractivity contribution >= 4 is 0 Å². The number of hydrogen-bond donors (Lipinski definition) is 1. The van der Waals surface area contributed by atoms with Gasteiger partial charge >= 0.3 is 0 Å². The van der Waals surface area contributed by atoms with Gasteiger partial charge in [0.1, 0.15) is 0 Å². The van der Waals surface area contributed by atoms with Crippen LogP contribution in [0, 0.1) is 0 Å². The van der Waals surface area contributed by atoms with Gasteiger partial charge < -0.3 is 4.74 Å². The number of rotatable bonds is 2. The minimum atomic E-state index is 0.528.